The third-order valence-corrected chi connectivity index (χ3v) is 2.87. The Morgan fingerprint density at radius 1 is 1.16 bits per heavy atom. The third-order valence-electron chi connectivity index (χ3n) is 2.87. The number of benzene rings is 2. The number of halogens is 1. The van der Waals surface area contributed by atoms with Gasteiger partial charge in [0.05, 0.1) is 18.4 Å². The van der Waals surface area contributed by atoms with Crippen LogP contribution in [0.2, 0.25) is 0 Å². The monoisotopic (exact) mass is 259 g/mol. The van der Waals surface area contributed by atoms with Crippen molar-refractivity contribution in [2.75, 3.05) is 19.5 Å². The molecule has 98 valence electrons. The van der Waals surface area contributed by atoms with Crippen molar-refractivity contribution in [3.05, 3.63) is 53.8 Å². The second-order valence-corrected chi connectivity index (χ2v) is 3.95. The van der Waals surface area contributed by atoms with Crippen LogP contribution in [0, 0.1) is 5.82 Å². The van der Waals surface area contributed by atoms with E-state index in [1.54, 1.807) is 19.2 Å². The smallest absolute Gasteiger partial charge is 0.339 e. The number of methoxy groups -OCH3 is 1. The molecule has 0 bridgehead atoms. The molecule has 0 amide bonds. The summed E-state index contributed by atoms with van der Waals surface area (Å²) >= 11 is 0. The van der Waals surface area contributed by atoms with Gasteiger partial charge < -0.3 is 10.1 Å². The first kappa shape index (κ1) is 13.1. The van der Waals surface area contributed by atoms with Crippen LogP contribution in [0.5, 0.6) is 0 Å². The first-order chi connectivity index (χ1) is 9.19. The van der Waals surface area contributed by atoms with Crippen LogP contribution in [0.25, 0.3) is 11.1 Å². The van der Waals surface area contributed by atoms with E-state index < -0.39 is 5.97 Å². The summed E-state index contributed by atoms with van der Waals surface area (Å²) in [7, 11) is 2.95. The largest absolute Gasteiger partial charge is 0.465 e. The molecule has 0 spiro atoms. The van der Waals surface area contributed by atoms with Crippen molar-refractivity contribution in [3.63, 3.8) is 0 Å². The van der Waals surface area contributed by atoms with Crippen LogP contribution in [-0.2, 0) is 4.74 Å². The highest BCUT2D eigenvalue weighted by Crippen LogP contribution is 2.33. The van der Waals surface area contributed by atoms with Gasteiger partial charge in [0.25, 0.3) is 0 Å². The van der Waals surface area contributed by atoms with E-state index in [-0.39, 0.29) is 5.82 Å². The van der Waals surface area contributed by atoms with Gasteiger partial charge >= 0.3 is 5.97 Å². The maximum atomic E-state index is 14.1. The molecule has 0 unspecified atom stereocenters. The lowest BCUT2D eigenvalue weighted by Gasteiger charge is -2.14. The summed E-state index contributed by atoms with van der Waals surface area (Å²) in [6.07, 6.45) is 0. The summed E-state index contributed by atoms with van der Waals surface area (Å²) < 4.78 is 18.8. The Kier molecular flexibility index (Phi) is 3.80. The van der Waals surface area contributed by atoms with E-state index in [9.17, 15) is 9.18 Å². The van der Waals surface area contributed by atoms with Crippen LogP contribution < -0.4 is 5.32 Å². The van der Waals surface area contributed by atoms with Gasteiger partial charge in [-0.15, -0.1) is 0 Å². The van der Waals surface area contributed by atoms with Crippen molar-refractivity contribution in [2.24, 2.45) is 0 Å². The van der Waals surface area contributed by atoms with Crippen LogP contribution in [0.4, 0.5) is 10.1 Å². The number of anilines is 1. The maximum Gasteiger partial charge on any atom is 0.339 e. The van der Waals surface area contributed by atoms with E-state index in [0.29, 0.717) is 22.4 Å². The maximum absolute atomic E-state index is 14.1. The Balaban J connectivity index is 2.69. The molecule has 0 aliphatic heterocycles. The number of ether oxygens (including phenoxy) is 1. The van der Waals surface area contributed by atoms with Crippen molar-refractivity contribution in [3.8, 4) is 11.1 Å². The molecule has 19 heavy (non-hydrogen) atoms. The minimum Gasteiger partial charge on any atom is -0.465 e. The first-order valence-electron chi connectivity index (χ1n) is 5.83. The van der Waals surface area contributed by atoms with E-state index in [1.807, 2.05) is 18.2 Å². The summed E-state index contributed by atoms with van der Waals surface area (Å²) in [5.41, 5.74) is 1.81. The molecule has 0 aromatic heterocycles. The second kappa shape index (κ2) is 5.52. The normalized spacial score (nSPS) is 10.1. The highest BCUT2D eigenvalue weighted by Gasteiger charge is 2.18. The SMILES string of the molecule is CNc1c(C(=O)OC)ccc(F)c1-c1ccccc1. The fourth-order valence-corrected chi connectivity index (χ4v) is 2.00. The fraction of sp³-hybridized carbons (Fsp3) is 0.133. The molecule has 3 nitrogen and oxygen atoms in total. The lowest BCUT2D eigenvalue weighted by atomic mass is 9.99. The first-order valence-corrected chi connectivity index (χ1v) is 5.83. The number of nitrogens with one attached hydrogen (secondary N) is 1. The highest BCUT2D eigenvalue weighted by atomic mass is 19.1. The molecular formula is C15H14FNO2. The highest BCUT2D eigenvalue weighted by molar-refractivity contribution is 6.00. The summed E-state index contributed by atoms with van der Waals surface area (Å²) in [4.78, 5) is 11.7. The average Bonchev–Trinajstić information content (AvgIpc) is 2.46. The molecule has 2 rings (SSSR count). The van der Waals surface area contributed by atoms with Gasteiger partial charge in [-0.2, -0.15) is 0 Å². The molecular weight excluding hydrogens is 245 g/mol. The van der Waals surface area contributed by atoms with E-state index in [2.05, 4.69) is 5.32 Å². The van der Waals surface area contributed by atoms with Gasteiger partial charge in [-0.25, -0.2) is 9.18 Å². The van der Waals surface area contributed by atoms with Crippen LogP contribution >= 0.6 is 0 Å². The number of carbonyl (C=O) groups is 1. The van der Waals surface area contributed by atoms with E-state index in [1.165, 1.54) is 19.2 Å². The van der Waals surface area contributed by atoms with Gasteiger partial charge in [0.2, 0.25) is 0 Å². The van der Waals surface area contributed by atoms with Crippen molar-refractivity contribution in [1.29, 1.82) is 0 Å². The molecule has 0 fully saturated rings. The molecule has 0 heterocycles. The summed E-state index contributed by atoms with van der Waals surface area (Å²) in [6, 6.07) is 11.8. The van der Waals surface area contributed by atoms with E-state index in [0.717, 1.165) is 0 Å². The molecule has 0 saturated carbocycles. The summed E-state index contributed by atoms with van der Waals surface area (Å²) in [5, 5.41) is 2.88. The van der Waals surface area contributed by atoms with Gasteiger partial charge in [-0.1, -0.05) is 30.3 Å². The zero-order valence-corrected chi connectivity index (χ0v) is 10.7. The molecule has 1 N–H and O–H groups in total. The van der Waals surface area contributed by atoms with Gasteiger partial charge in [0.1, 0.15) is 5.82 Å². The average molecular weight is 259 g/mol. The molecule has 0 atom stereocenters. The number of hydrogen-bond acceptors (Lipinski definition) is 3. The quantitative estimate of drug-likeness (QED) is 0.859. The topological polar surface area (TPSA) is 38.3 Å². The molecule has 2 aromatic rings. The number of carbonyl (C=O) groups excluding carboxylic acids is 1. The zero-order valence-electron chi connectivity index (χ0n) is 10.7. The fourth-order valence-electron chi connectivity index (χ4n) is 2.00. The van der Waals surface area contributed by atoms with Crippen molar-refractivity contribution in [2.45, 2.75) is 0 Å². The molecule has 0 radical (unpaired) electrons. The lowest BCUT2D eigenvalue weighted by molar-refractivity contribution is 0.0602. The molecule has 0 aliphatic rings. The van der Waals surface area contributed by atoms with E-state index in [4.69, 9.17) is 4.74 Å². The predicted molar refractivity (Wildman–Crippen MR) is 72.7 cm³/mol. The lowest BCUT2D eigenvalue weighted by Crippen LogP contribution is -2.08. The summed E-state index contributed by atoms with van der Waals surface area (Å²) in [6.45, 7) is 0. The van der Waals surface area contributed by atoms with Crippen molar-refractivity contribution in [1.82, 2.24) is 0 Å². The molecule has 2 aromatic carbocycles. The standard InChI is InChI=1S/C15H14FNO2/c1-17-14-11(15(18)19-2)8-9-12(16)13(14)10-6-4-3-5-7-10/h3-9,17H,1-2H3. The third kappa shape index (κ3) is 2.42. The molecule has 0 aliphatic carbocycles. The minimum absolute atomic E-state index is 0.310. The predicted octanol–water partition coefficient (Wildman–Crippen LogP) is 3.32. The Morgan fingerprint density at radius 2 is 1.84 bits per heavy atom. The van der Waals surface area contributed by atoms with Gasteiger partial charge in [-0.05, 0) is 17.7 Å². The van der Waals surface area contributed by atoms with Crippen molar-refractivity contribution < 1.29 is 13.9 Å². The Labute approximate surface area is 111 Å². The van der Waals surface area contributed by atoms with Crippen LogP contribution in [0.3, 0.4) is 0 Å². The Bertz CT molecular complexity index is 597. The van der Waals surface area contributed by atoms with Gasteiger partial charge in [0.15, 0.2) is 0 Å². The number of esters is 1. The van der Waals surface area contributed by atoms with Crippen LogP contribution in [-0.4, -0.2) is 20.1 Å². The number of rotatable bonds is 3. The Morgan fingerprint density at radius 3 is 2.42 bits per heavy atom. The minimum atomic E-state index is -0.499. The van der Waals surface area contributed by atoms with E-state index >= 15 is 0 Å². The number of hydrogen-bond donors (Lipinski definition) is 1. The molecule has 4 heteroatoms. The van der Waals surface area contributed by atoms with Crippen molar-refractivity contribution >= 4 is 11.7 Å². The Hall–Kier alpha value is -2.36. The van der Waals surface area contributed by atoms with Crippen LogP contribution in [0.1, 0.15) is 10.4 Å². The molecule has 0 saturated heterocycles. The summed E-state index contributed by atoms with van der Waals surface area (Å²) in [5.74, 6) is -0.885. The van der Waals surface area contributed by atoms with Gasteiger partial charge in [-0.3, -0.25) is 0 Å². The van der Waals surface area contributed by atoms with Crippen LogP contribution in [0.15, 0.2) is 42.5 Å². The van der Waals surface area contributed by atoms with Gasteiger partial charge in [0, 0.05) is 12.6 Å². The second-order valence-electron chi connectivity index (χ2n) is 3.95. The zero-order chi connectivity index (χ0) is 13.8.